The molecular weight excluding hydrogens is 350 g/mol. The third kappa shape index (κ3) is 3.93. The van der Waals surface area contributed by atoms with Crippen LogP contribution in [0.25, 0.3) is 11.3 Å². The number of hydrogen-bond acceptors (Lipinski definition) is 3. The number of amides is 1. The van der Waals surface area contributed by atoms with Crippen molar-refractivity contribution in [2.24, 2.45) is 0 Å². The van der Waals surface area contributed by atoms with Crippen molar-refractivity contribution >= 4 is 5.91 Å². The van der Waals surface area contributed by atoms with E-state index in [4.69, 9.17) is 0 Å². The Kier molecular flexibility index (Phi) is 5.42. The first kappa shape index (κ1) is 18.3. The lowest BCUT2D eigenvalue weighted by Gasteiger charge is -2.35. The molecule has 0 saturated carbocycles. The summed E-state index contributed by atoms with van der Waals surface area (Å²) in [7, 11) is 0. The van der Waals surface area contributed by atoms with Gasteiger partial charge in [0.2, 0.25) is 0 Å². The third-order valence-corrected chi connectivity index (χ3v) is 5.49. The SMILES string of the molecule is O=C(c1cc(-c2ccccc2O)n[nH]1)N1CCCC[C@H]1CCc1ccccc1. The van der Waals surface area contributed by atoms with Crippen molar-refractivity contribution < 1.29 is 9.90 Å². The third-order valence-electron chi connectivity index (χ3n) is 5.49. The molecule has 5 nitrogen and oxygen atoms in total. The van der Waals surface area contributed by atoms with Crippen molar-refractivity contribution in [1.82, 2.24) is 15.1 Å². The van der Waals surface area contributed by atoms with E-state index in [1.807, 2.05) is 17.0 Å². The van der Waals surface area contributed by atoms with Crippen molar-refractivity contribution in [3.05, 3.63) is 71.9 Å². The zero-order chi connectivity index (χ0) is 19.3. The lowest BCUT2D eigenvalue weighted by molar-refractivity contribution is 0.0596. The monoisotopic (exact) mass is 375 g/mol. The molecule has 28 heavy (non-hydrogen) atoms. The molecule has 5 heteroatoms. The van der Waals surface area contributed by atoms with Crippen LogP contribution in [0.2, 0.25) is 0 Å². The topological polar surface area (TPSA) is 69.2 Å². The van der Waals surface area contributed by atoms with E-state index < -0.39 is 0 Å². The van der Waals surface area contributed by atoms with Crippen molar-refractivity contribution in [2.75, 3.05) is 6.54 Å². The number of carbonyl (C=O) groups excluding carboxylic acids is 1. The van der Waals surface area contributed by atoms with Crippen LogP contribution in [0, 0.1) is 0 Å². The van der Waals surface area contributed by atoms with Gasteiger partial charge in [-0.15, -0.1) is 0 Å². The standard InChI is InChI=1S/C23H25N3O2/c27-22-12-5-4-11-19(22)20-16-21(25-24-20)23(28)26-15-7-6-10-18(26)14-13-17-8-2-1-3-9-17/h1-5,8-9,11-12,16,18,27H,6-7,10,13-15H2,(H,24,25)/t18-/m0/s1. The molecular formula is C23H25N3O2. The fourth-order valence-electron chi connectivity index (χ4n) is 3.96. The molecule has 1 saturated heterocycles. The molecule has 1 fully saturated rings. The molecule has 0 spiro atoms. The van der Waals surface area contributed by atoms with Gasteiger partial charge in [0.25, 0.3) is 5.91 Å². The van der Waals surface area contributed by atoms with E-state index in [9.17, 15) is 9.90 Å². The Labute approximate surface area is 165 Å². The molecule has 144 valence electrons. The molecule has 1 aliphatic rings. The number of benzene rings is 2. The lowest BCUT2D eigenvalue weighted by atomic mass is 9.95. The van der Waals surface area contributed by atoms with Crippen LogP contribution >= 0.6 is 0 Å². The second-order valence-electron chi connectivity index (χ2n) is 7.36. The number of aromatic nitrogens is 2. The number of phenolic OH excluding ortho intramolecular Hbond substituents is 1. The van der Waals surface area contributed by atoms with E-state index in [-0.39, 0.29) is 17.7 Å². The number of aromatic amines is 1. The fourth-order valence-corrected chi connectivity index (χ4v) is 3.96. The van der Waals surface area contributed by atoms with E-state index in [2.05, 4.69) is 34.5 Å². The number of nitrogens with zero attached hydrogens (tertiary/aromatic N) is 2. The number of phenols is 1. The van der Waals surface area contributed by atoms with Gasteiger partial charge in [-0.25, -0.2) is 0 Å². The molecule has 0 aliphatic carbocycles. The Morgan fingerprint density at radius 3 is 2.71 bits per heavy atom. The van der Waals surface area contributed by atoms with Crippen LogP contribution in [0.1, 0.15) is 41.7 Å². The van der Waals surface area contributed by atoms with Gasteiger partial charge >= 0.3 is 0 Å². The van der Waals surface area contributed by atoms with Gasteiger partial charge in [0.1, 0.15) is 11.4 Å². The second kappa shape index (κ2) is 8.30. The van der Waals surface area contributed by atoms with Crippen LogP contribution in [0.5, 0.6) is 5.75 Å². The molecule has 0 unspecified atom stereocenters. The predicted molar refractivity (Wildman–Crippen MR) is 109 cm³/mol. The first-order chi connectivity index (χ1) is 13.7. The normalized spacial score (nSPS) is 16.9. The number of nitrogens with one attached hydrogen (secondary N) is 1. The highest BCUT2D eigenvalue weighted by atomic mass is 16.3. The molecule has 2 N–H and O–H groups in total. The van der Waals surface area contributed by atoms with Gasteiger partial charge in [0.15, 0.2) is 0 Å². The fraction of sp³-hybridized carbons (Fsp3) is 0.304. The van der Waals surface area contributed by atoms with Crippen LogP contribution in [-0.2, 0) is 6.42 Å². The molecule has 3 aromatic rings. The summed E-state index contributed by atoms with van der Waals surface area (Å²) in [4.78, 5) is 15.1. The molecule has 0 radical (unpaired) electrons. The molecule has 1 atom stereocenters. The van der Waals surface area contributed by atoms with Crippen LogP contribution < -0.4 is 0 Å². The maximum Gasteiger partial charge on any atom is 0.272 e. The number of H-pyrrole nitrogens is 1. The van der Waals surface area contributed by atoms with E-state index in [1.165, 1.54) is 5.56 Å². The average Bonchev–Trinajstić information content (AvgIpc) is 3.23. The van der Waals surface area contributed by atoms with Crippen LogP contribution in [0.3, 0.4) is 0 Å². The van der Waals surface area contributed by atoms with Crippen LogP contribution in [-0.4, -0.2) is 38.7 Å². The van der Waals surface area contributed by atoms with Crippen molar-refractivity contribution in [2.45, 2.75) is 38.1 Å². The first-order valence-electron chi connectivity index (χ1n) is 9.91. The number of rotatable bonds is 5. The second-order valence-corrected chi connectivity index (χ2v) is 7.36. The number of para-hydroxylation sites is 1. The minimum Gasteiger partial charge on any atom is -0.507 e. The van der Waals surface area contributed by atoms with Crippen molar-refractivity contribution in [3.63, 3.8) is 0 Å². The van der Waals surface area contributed by atoms with Crippen molar-refractivity contribution in [1.29, 1.82) is 0 Å². The summed E-state index contributed by atoms with van der Waals surface area (Å²) in [6.07, 6.45) is 5.18. The van der Waals surface area contributed by atoms with Gasteiger partial charge in [-0.3, -0.25) is 9.89 Å². The van der Waals surface area contributed by atoms with Gasteiger partial charge in [0, 0.05) is 18.2 Å². The quantitative estimate of drug-likeness (QED) is 0.694. The zero-order valence-electron chi connectivity index (χ0n) is 15.8. The minimum atomic E-state index is -0.00747. The molecule has 1 aromatic heterocycles. The highest BCUT2D eigenvalue weighted by Crippen LogP contribution is 2.28. The van der Waals surface area contributed by atoms with E-state index >= 15 is 0 Å². The number of likely N-dealkylation sites (tertiary alicyclic amines) is 1. The summed E-state index contributed by atoms with van der Waals surface area (Å²) in [5, 5.41) is 17.2. The lowest BCUT2D eigenvalue weighted by Crippen LogP contribution is -2.44. The summed E-state index contributed by atoms with van der Waals surface area (Å²) >= 11 is 0. The molecule has 4 rings (SSSR count). The summed E-state index contributed by atoms with van der Waals surface area (Å²) < 4.78 is 0. The minimum absolute atomic E-state index is 0.00747. The molecule has 0 bridgehead atoms. The highest BCUT2D eigenvalue weighted by Gasteiger charge is 2.28. The summed E-state index contributed by atoms with van der Waals surface area (Å²) in [5.41, 5.74) is 2.99. The summed E-state index contributed by atoms with van der Waals surface area (Å²) in [6, 6.07) is 19.4. The summed E-state index contributed by atoms with van der Waals surface area (Å²) in [6.45, 7) is 0.781. The first-order valence-corrected chi connectivity index (χ1v) is 9.91. The van der Waals surface area contributed by atoms with Gasteiger partial charge in [0.05, 0.1) is 5.69 Å². The number of piperidine rings is 1. The highest BCUT2D eigenvalue weighted by molar-refractivity contribution is 5.93. The number of hydrogen-bond donors (Lipinski definition) is 2. The van der Waals surface area contributed by atoms with Gasteiger partial charge in [-0.2, -0.15) is 5.10 Å². The van der Waals surface area contributed by atoms with Gasteiger partial charge in [-0.1, -0.05) is 42.5 Å². The number of aromatic hydroxyl groups is 1. The van der Waals surface area contributed by atoms with E-state index in [0.29, 0.717) is 17.0 Å². The molecule has 2 aromatic carbocycles. The molecule has 1 aliphatic heterocycles. The van der Waals surface area contributed by atoms with Crippen LogP contribution in [0.15, 0.2) is 60.7 Å². The maximum atomic E-state index is 13.1. The number of aryl methyl sites for hydroxylation is 1. The van der Waals surface area contributed by atoms with Crippen LogP contribution in [0.4, 0.5) is 0 Å². The van der Waals surface area contributed by atoms with Gasteiger partial charge < -0.3 is 10.0 Å². The maximum absolute atomic E-state index is 13.1. The smallest absolute Gasteiger partial charge is 0.272 e. The molecule has 2 heterocycles. The Balaban J connectivity index is 1.48. The molecule has 1 amide bonds. The number of carbonyl (C=O) groups is 1. The Hall–Kier alpha value is -3.08. The van der Waals surface area contributed by atoms with E-state index in [1.54, 1.807) is 24.3 Å². The average molecular weight is 375 g/mol. The predicted octanol–water partition coefficient (Wildman–Crippen LogP) is 4.41. The zero-order valence-corrected chi connectivity index (χ0v) is 15.8. The Morgan fingerprint density at radius 2 is 1.89 bits per heavy atom. The largest absolute Gasteiger partial charge is 0.507 e. The Bertz CT molecular complexity index is 936. The Morgan fingerprint density at radius 1 is 1.11 bits per heavy atom. The summed E-state index contributed by atoms with van der Waals surface area (Å²) in [5.74, 6) is 0.152. The van der Waals surface area contributed by atoms with Crippen molar-refractivity contribution in [3.8, 4) is 17.0 Å². The van der Waals surface area contributed by atoms with Gasteiger partial charge in [-0.05, 0) is 55.9 Å². The van der Waals surface area contributed by atoms with E-state index in [0.717, 1.165) is 38.6 Å².